The quantitative estimate of drug-likeness (QED) is 0.525. The zero-order valence-electron chi connectivity index (χ0n) is 13.5. The van der Waals surface area contributed by atoms with Crippen LogP contribution in [0.3, 0.4) is 0 Å². The van der Waals surface area contributed by atoms with Crippen molar-refractivity contribution in [3.8, 4) is 11.1 Å². The molecule has 1 amide bonds. The second-order valence-corrected chi connectivity index (χ2v) is 6.32. The van der Waals surface area contributed by atoms with Gasteiger partial charge in [-0.15, -0.1) is 0 Å². The van der Waals surface area contributed by atoms with Gasteiger partial charge in [-0.05, 0) is 22.8 Å². The molecule has 1 unspecified atom stereocenters. The Balaban J connectivity index is 1.83. The summed E-state index contributed by atoms with van der Waals surface area (Å²) in [4.78, 5) is 16.3. The van der Waals surface area contributed by atoms with Crippen molar-refractivity contribution in [2.75, 3.05) is 0 Å². The van der Waals surface area contributed by atoms with E-state index in [1.54, 1.807) is 0 Å². The van der Waals surface area contributed by atoms with Gasteiger partial charge in [-0.2, -0.15) is 0 Å². The van der Waals surface area contributed by atoms with Gasteiger partial charge in [0.1, 0.15) is 5.69 Å². The number of carbonyl (C=O) groups excluding carboxylic acids is 1. The van der Waals surface area contributed by atoms with E-state index in [0.29, 0.717) is 5.69 Å². The number of amides is 1. The summed E-state index contributed by atoms with van der Waals surface area (Å²) in [5.74, 6) is -0.0729. The first-order valence-electron chi connectivity index (χ1n) is 8.39. The van der Waals surface area contributed by atoms with Gasteiger partial charge in [0, 0.05) is 16.5 Å². The lowest BCUT2D eigenvalue weighted by Crippen LogP contribution is -2.28. The fourth-order valence-electron chi connectivity index (χ4n) is 3.76. The molecule has 1 aliphatic rings. The summed E-state index contributed by atoms with van der Waals surface area (Å²) >= 11 is 0. The Morgan fingerprint density at radius 3 is 2.36 bits per heavy atom. The van der Waals surface area contributed by atoms with Crippen LogP contribution >= 0.6 is 0 Å². The molecule has 0 bridgehead atoms. The van der Waals surface area contributed by atoms with Gasteiger partial charge in [-0.3, -0.25) is 4.79 Å². The van der Waals surface area contributed by atoms with E-state index in [2.05, 4.69) is 40.6 Å². The summed E-state index contributed by atoms with van der Waals surface area (Å²) in [5, 5.41) is 4.28. The van der Waals surface area contributed by atoms with Crippen molar-refractivity contribution >= 4 is 16.8 Å². The maximum absolute atomic E-state index is 13.0. The molecule has 1 aromatic heterocycles. The predicted octanol–water partition coefficient (Wildman–Crippen LogP) is 4.67. The molecular formula is C22H16N2O. The van der Waals surface area contributed by atoms with Gasteiger partial charge in [0.15, 0.2) is 0 Å². The Hall–Kier alpha value is -3.33. The zero-order valence-corrected chi connectivity index (χ0v) is 13.5. The minimum Gasteiger partial charge on any atom is -0.350 e. The Bertz CT molecular complexity index is 1100. The van der Waals surface area contributed by atoms with Crippen molar-refractivity contribution in [3.05, 3.63) is 95.7 Å². The molecule has 2 N–H and O–H groups in total. The maximum atomic E-state index is 13.0. The highest BCUT2D eigenvalue weighted by Gasteiger charge is 2.29. The number of nitrogens with one attached hydrogen (secondary N) is 2. The lowest BCUT2D eigenvalue weighted by Gasteiger charge is -2.19. The van der Waals surface area contributed by atoms with Crippen LogP contribution in [0.4, 0.5) is 0 Å². The van der Waals surface area contributed by atoms with Gasteiger partial charge in [-0.25, -0.2) is 0 Å². The van der Waals surface area contributed by atoms with Crippen LogP contribution in [0.1, 0.15) is 27.7 Å². The SMILES string of the molecule is O=C1NC(c2ccccc2)c2ccccc2-c2c1[nH]c1ccccc21. The molecule has 1 atom stereocenters. The maximum Gasteiger partial charge on any atom is 0.269 e. The molecule has 3 nitrogen and oxygen atoms in total. The van der Waals surface area contributed by atoms with Crippen molar-refractivity contribution in [1.29, 1.82) is 0 Å². The van der Waals surface area contributed by atoms with Gasteiger partial charge in [0.05, 0.1) is 6.04 Å². The van der Waals surface area contributed by atoms with Crippen molar-refractivity contribution < 1.29 is 4.79 Å². The average Bonchev–Trinajstić information content (AvgIpc) is 3.01. The molecule has 0 aliphatic carbocycles. The number of aromatic nitrogens is 1. The largest absolute Gasteiger partial charge is 0.350 e. The number of hydrogen-bond acceptors (Lipinski definition) is 1. The molecule has 0 spiro atoms. The number of fused-ring (bicyclic) bond motifs is 5. The van der Waals surface area contributed by atoms with Crippen molar-refractivity contribution in [2.45, 2.75) is 6.04 Å². The van der Waals surface area contributed by atoms with Crippen LogP contribution in [0.25, 0.3) is 22.0 Å². The van der Waals surface area contributed by atoms with E-state index in [1.165, 1.54) is 0 Å². The molecule has 0 saturated heterocycles. The first-order chi connectivity index (χ1) is 12.3. The number of para-hydroxylation sites is 1. The molecule has 2 heterocycles. The summed E-state index contributed by atoms with van der Waals surface area (Å²) in [6.07, 6.45) is 0. The molecule has 3 aromatic carbocycles. The molecule has 3 heteroatoms. The summed E-state index contributed by atoms with van der Waals surface area (Å²) in [6.45, 7) is 0. The van der Waals surface area contributed by atoms with Crippen molar-refractivity contribution in [2.24, 2.45) is 0 Å². The monoisotopic (exact) mass is 324 g/mol. The fourth-order valence-corrected chi connectivity index (χ4v) is 3.76. The van der Waals surface area contributed by atoms with Crippen LogP contribution < -0.4 is 5.32 Å². The molecule has 1 aliphatic heterocycles. The number of H-pyrrole nitrogens is 1. The topological polar surface area (TPSA) is 44.9 Å². The van der Waals surface area contributed by atoms with Crippen molar-refractivity contribution in [1.82, 2.24) is 10.3 Å². The second-order valence-electron chi connectivity index (χ2n) is 6.32. The van der Waals surface area contributed by atoms with Crippen LogP contribution in [-0.4, -0.2) is 10.9 Å². The first-order valence-corrected chi connectivity index (χ1v) is 8.39. The smallest absolute Gasteiger partial charge is 0.269 e. The normalized spacial score (nSPS) is 16.0. The van der Waals surface area contributed by atoms with Crippen molar-refractivity contribution in [3.63, 3.8) is 0 Å². The van der Waals surface area contributed by atoms with Crippen LogP contribution in [0.15, 0.2) is 78.9 Å². The first kappa shape index (κ1) is 14.1. The highest BCUT2D eigenvalue weighted by Crippen LogP contribution is 2.40. The van der Waals surface area contributed by atoms with E-state index >= 15 is 0 Å². The molecular weight excluding hydrogens is 308 g/mol. The van der Waals surface area contributed by atoms with Gasteiger partial charge in [0.25, 0.3) is 5.91 Å². The average molecular weight is 324 g/mol. The lowest BCUT2D eigenvalue weighted by atomic mass is 9.91. The highest BCUT2D eigenvalue weighted by atomic mass is 16.2. The molecule has 120 valence electrons. The van der Waals surface area contributed by atoms with Crippen LogP contribution in [0.2, 0.25) is 0 Å². The number of hydrogen-bond donors (Lipinski definition) is 2. The number of rotatable bonds is 1. The minimum absolute atomic E-state index is 0.0729. The summed E-state index contributed by atoms with van der Waals surface area (Å²) in [7, 11) is 0. The van der Waals surface area contributed by atoms with E-state index < -0.39 is 0 Å². The van der Waals surface area contributed by atoms with E-state index in [9.17, 15) is 4.79 Å². The van der Waals surface area contributed by atoms with Crippen LogP contribution in [0, 0.1) is 0 Å². The third kappa shape index (κ3) is 2.09. The number of aromatic amines is 1. The van der Waals surface area contributed by atoms with E-state index in [-0.39, 0.29) is 11.9 Å². The van der Waals surface area contributed by atoms with Gasteiger partial charge in [-0.1, -0.05) is 72.8 Å². The van der Waals surface area contributed by atoms with Crippen LogP contribution in [0.5, 0.6) is 0 Å². The lowest BCUT2D eigenvalue weighted by molar-refractivity contribution is 0.0941. The molecule has 0 radical (unpaired) electrons. The standard InChI is InChI=1S/C22H16N2O/c25-22-21-19(17-12-6-7-13-18(17)23-21)15-10-4-5-11-16(15)20(24-22)14-8-2-1-3-9-14/h1-13,20,23H,(H,24,25). The fraction of sp³-hybridized carbons (Fsp3) is 0.0455. The predicted molar refractivity (Wildman–Crippen MR) is 99.5 cm³/mol. The molecule has 4 aromatic rings. The molecule has 25 heavy (non-hydrogen) atoms. The summed E-state index contributed by atoms with van der Waals surface area (Å²) in [6, 6.07) is 26.3. The van der Waals surface area contributed by atoms with E-state index in [1.807, 2.05) is 48.5 Å². The van der Waals surface area contributed by atoms with E-state index in [0.717, 1.165) is 33.2 Å². The Morgan fingerprint density at radius 1 is 0.760 bits per heavy atom. The zero-order chi connectivity index (χ0) is 16.8. The number of benzene rings is 3. The molecule has 5 rings (SSSR count). The van der Waals surface area contributed by atoms with Crippen LogP contribution in [-0.2, 0) is 0 Å². The Kier molecular flexibility index (Phi) is 3.01. The van der Waals surface area contributed by atoms with E-state index in [4.69, 9.17) is 0 Å². The third-order valence-corrected chi connectivity index (χ3v) is 4.88. The third-order valence-electron chi connectivity index (χ3n) is 4.88. The second kappa shape index (κ2) is 5.35. The number of carbonyl (C=O) groups is 1. The Morgan fingerprint density at radius 2 is 1.48 bits per heavy atom. The van der Waals surface area contributed by atoms with Gasteiger partial charge >= 0.3 is 0 Å². The summed E-state index contributed by atoms with van der Waals surface area (Å²) in [5.41, 5.74) is 5.90. The summed E-state index contributed by atoms with van der Waals surface area (Å²) < 4.78 is 0. The molecule has 0 fully saturated rings. The van der Waals surface area contributed by atoms with Gasteiger partial charge in [0.2, 0.25) is 0 Å². The Labute approximate surface area is 145 Å². The highest BCUT2D eigenvalue weighted by molar-refractivity contribution is 6.11. The molecule has 0 saturated carbocycles. The minimum atomic E-state index is -0.163. The van der Waals surface area contributed by atoms with Gasteiger partial charge < -0.3 is 10.3 Å².